The Hall–Kier alpha value is -1.84. The van der Waals surface area contributed by atoms with Gasteiger partial charge in [-0.25, -0.2) is 0 Å². The molecule has 3 rings (SSSR count). The van der Waals surface area contributed by atoms with Crippen LogP contribution in [0, 0.1) is 5.92 Å². The topological polar surface area (TPSA) is 41.1 Å². The first-order valence-corrected chi connectivity index (χ1v) is 8.34. The van der Waals surface area contributed by atoms with Gasteiger partial charge in [0, 0.05) is 24.0 Å². The fourth-order valence-corrected chi connectivity index (χ4v) is 3.39. The molecule has 0 bridgehead atoms. The normalized spacial score (nSPS) is 21.8. The highest BCUT2D eigenvalue weighted by atomic mass is 35.5. The van der Waals surface area contributed by atoms with Gasteiger partial charge in [-0.1, -0.05) is 54.1 Å². The Labute approximate surface area is 142 Å². The molecule has 1 heterocycles. The fraction of sp³-hybridized carbons (Fsp3) is 0.316. The molecule has 0 spiro atoms. The highest BCUT2D eigenvalue weighted by molar-refractivity contribution is 6.30. The number of amides is 1. The van der Waals surface area contributed by atoms with Crippen molar-refractivity contribution in [2.45, 2.75) is 18.9 Å². The zero-order valence-corrected chi connectivity index (χ0v) is 13.9. The van der Waals surface area contributed by atoms with E-state index in [0.29, 0.717) is 11.6 Å². The van der Waals surface area contributed by atoms with E-state index in [4.69, 9.17) is 11.6 Å². The highest BCUT2D eigenvalue weighted by Gasteiger charge is 2.34. The van der Waals surface area contributed by atoms with Crippen LogP contribution in [-0.2, 0) is 4.79 Å². The first-order chi connectivity index (χ1) is 11.1. The van der Waals surface area contributed by atoms with Crippen LogP contribution in [0.15, 0.2) is 54.6 Å². The van der Waals surface area contributed by atoms with Crippen molar-refractivity contribution in [2.75, 3.05) is 13.1 Å². The number of hydrogen-bond donors (Lipinski definition) is 2. The van der Waals surface area contributed by atoms with E-state index in [2.05, 4.69) is 10.6 Å². The molecule has 3 atom stereocenters. The summed E-state index contributed by atoms with van der Waals surface area (Å²) in [6.45, 7) is 3.52. The summed E-state index contributed by atoms with van der Waals surface area (Å²) in [5.41, 5.74) is 2.24. The van der Waals surface area contributed by atoms with Crippen LogP contribution in [0.4, 0.5) is 0 Å². The lowest BCUT2D eigenvalue weighted by atomic mass is 9.88. The molecule has 120 valence electrons. The Bertz CT molecular complexity index is 674. The van der Waals surface area contributed by atoms with Crippen molar-refractivity contribution in [1.29, 1.82) is 0 Å². The van der Waals surface area contributed by atoms with Gasteiger partial charge < -0.3 is 10.6 Å². The second-order valence-electron chi connectivity index (χ2n) is 6.07. The lowest BCUT2D eigenvalue weighted by Crippen LogP contribution is -2.36. The second-order valence-corrected chi connectivity index (χ2v) is 6.50. The quantitative estimate of drug-likeness (QED) is 0.901. The monoisotopic (exact) mass is 328 g/mol. The van der Waals surface area contributed by atoms with Crippen molar-refractivity contribution in [1.82, 2.24) is 10.6 Å². The molecule has 1 aliphatic heterocycles. The first-order valence-electron chi connectivity index (χ1n) is 7.96. The van der Waals surface area contributed by atoms with E-state index in [1.54, 1.807) is 0 Å². The molecule has 0 saturated carbocycles. The van der Waals surface area contributed by atoms with Crippen molar-refractivity contribution < 1.29 is 4.79 Å². The van der Waals surface area contributed by atoms with Gasteiger partial charge in [-0.2, -0.15) is 0 Å². The van der Waals surface area contributed by atoms with Crippen LogP contribution in [0.2, 0.25) is 5.02 Å². The summed E-state index contributed by atoms with van der Waals surface area (Å²) < 4.78 is 0. The van der Waals surface area contributed by atoms with E-state index in [1.165, 1.54) is 0 Å². The third kappa shape index (κ3) is 3.74. The molecule has 1 fully saturated rings. The Kier molecular flexibility index (Phi) is 4.99. The molecule has 0 aliphatic carbocycles. The van der Waals surface area contributed by atoms with Crippen molar-refractivity contribution in [3.63, 3.8) is 0 Å². The van der Waals surface area contributed by atoms with Gasteiger partial charge in [0.1, 0.15) is 0 Å². The summed E-state index contributed by atoms with van der Waals surface area (Å²) in [6.07, 6.45) is 0. The molecule has 4 heteroatoms. The Balaban J connectivity index is 1.71. The maximum atomic E-state index is 12.7. The molecule has 3 nitrogen and oxygen atoms in total. The average Bonchev–Trinajstić information content (AvgIpc) is 3.05. The van der Waals surface area contributed by atoms with E-state index < -0.39 is 0 Å². The zero-order chi connectivity index (χ0) is 16.2. The van der Waals surface area contributed by atoms with Crippen molar-refractivity contribution in [3.8, 4) is 0 Å². The van der Waals surface area contributed by atoms with Gasteiger partial charge in [0.15, 0.2) is 0 Å². The maximum Gasteiger partial charge on any atom is 0.225 e. The van der Waals surface area contributed by atoms with Crippen LogP contribution in [0.5, 0.6) is 0 Å². The number of hydrogen-bond acceptors (Lipinski definition) is 2. The maximum absolute atomic E-state index is 12.7. The highest BCUT2D eigenvalue weighted by Crippen LogP contribution is 2.30. The summed E-state index contributed by atoms with van der Waals surface area (Å²) in [5, 5.41) is 7.19. The molecular weight excluding hydrogens is 308 g/mol. The predicted molar refractivity (Wildman–Crippen MR) is 93.6 cm³/mol. The molecule has 1 saturated heterocycles. The van der Waals surface area contributed by atoms with Crippen LogP contribution in [0.1, 0.15) is 30.0 Å². The lowest BCUT2D eigenvalue weighted by molar-refractivity contribution is -0.125. The molecule has 1 aliphatic rings. The molecule has 0 aromatic heterocycles. The van der Waals surface area contributed by atoms with E-state index in [-0.39, 0.29) is 23.8 Å². The molecule has 2 N–H and O–H groups in total. The first kappa shape index (κ1) is 16.0. The number of benzene rings is 2. The van der Waals surface area contributed by atoms with Gasteiger partial charge in [0.05, 0.1) is 12.0 Å². The zero-order valence-electron chi connectivity index (χ0n) is 13.1. The van der Waals surface area contributed by atoms with E-state index in [1.807, 2.05) is 61.5 Å². The van der Waals surface area contributed by atoms with Gasteiger partial charge in [0.2, 0.25) is 5.91 Å². The molecule has 2 aromatic carbocycles. The van der Waals surface area contributed by atoms with Gasteiger partial charge in [-0.3, -0.25) is 4.79 Å². The number of halogens is 1. The third-order valence-corrected chi connectivity index (χ3v) is 4.72. The minimum atomic E-state index is -0.0698. The number of rotatable bonds is 4. The van der Waals surface area contributed by atoms with E-state index in [9.17, 15) is 4.79 Å². The Morgan fingerprint density at radius 3 is 2.70 bits per heavy atom. The summed E-state index contributed by atoms with van der Waals surface area (Å²) in [5.74, 6) is 0.188. The van der Waals surface area contributed by atoms with Gasteiger partial charge in [-0.05, 0) is 30.2 Å². The van der Waals surface area contributed by atoms with Gasteiger partial charge >= 0.3 is 0 Å². The van der Waals surface area contributed by atoms with Crippen LogP contribution in [0.3, 0.4) is 0 Å². The SMILES string of the molecule is C[C@H](NC(=O)[C@@H]1CNC[C@H]1c1cccc(Cl)c1)c1ccccc1. The predicted octanol–water partition coefficient (Wildman–Crippen LogP) is 3.52. The Morgan fingerprint density at radius 1 is 1.17 bits per heavy atom. The van der Waals surface area contributed by atoms with Crippen molar-refractivity contribution in [2.24, 2.45) is 5.92 Å². The van der Waals surface area contributed by atoms with Gasteiger partial charge in [-0.15, -0.1) is 0 Å². The van der Waals surface area contributed by atoms with Crippen LogP contribution in [0.25, 0.3) is 0 Å². The second kappa shape index (κ2) is 7.16. The minimum absolute atomic E-state index is 0.00399. The van der Waals surface area contributed by atoms with Crippen molar-refractivity contribution >= 4 is 17.5 Å². The molecule has 2 aromatic rings. The van der Waals surface area contributed by atoms with E-state index >= 15 is 0 Å². The molecular formula is C19H21ClN2O. The summed E-state index contributed by atoms with van der Waals surface area (Å²) in [7, 11) is 0. The summed E-state index contributed by atoms with van der Waals surface area (Å²) in [6, 6.07) is 17.8. The Morgan fingerprint density at radius 2 is 1.96 bits per heavy atom. The third-order valence-electron chi connectivity index (χ3n) is 4.49. The van der Waals surface area contributed by atoms with Crippen LogP contribution in [-0.4, -0.2) is 19.0 Å². The number of carbonyl (C=O) groups is 1. The molecule has 1 amide bonds. The van der Waals surface area contributed by atoms with Gasteiger partial charge in [0.25, 0.3) is 0 Å². The van der Waals surface area contributed by atoms with Crippen molar-refractivity contribution in [3.05, 3.63) is 70.7 Å². The van der Waals surface area contributed by atoms with Crippen LogP contribution >= 0.6 is 11.6 Å². The molecule has 0 unspecified atom stereocenters. The fourth-order valence-electron chi connectivity index (χ4n) is 3.19. The summed E-state index contributed by atoms with van der Waals surface area (Å²) >= 11 is 6.09. The molecule has 23 heavy (non-hydrogen) atoms. The van der Waals surface area contributed by atoms with Crippen LogP contribution < -0.4 is 10.6 Å². The minimum Gasteiger partial charge on any atom is -0.349 e. The smallest absolute Gasteiger partial charge is 0.225 e. The lowest BCUT2D eigenvalue weighted by Gasteiger charge is -2.22. The standard InChI is InChI=1S/C19H21ClN2O/c1-13(14-6-3-2-4-7-14)22-19(23)18-12-21-11-17(18)15-8-5-9-16(20)10-15/h2-10,13,17-18,21H,11-12H2,1H3,(H,22,23)/t13-,17-,18+/m0/s1. The number of nitrogens with one attached hydrogen (secondary N) is 2. The summed E-state index contributed by atoms with van der Waals surface area (Å²) in [4.78, 5) is 12.7. The van der Waals surface area contributed by atoms with E-state index in [0.717, 1.165) is 17.7 Å². The largest absolute Gasteiger partial charge is 0.349 e. The number of carbonyl (C=O) groups excluding carboxylic acids is 1. The average molecular weight is 329 g/mol. The molecule has 0 radical (unpaired) electrons.